The molecule has 1 heterocycles. The van der Waals surface area contributed by atoms with Crippen molar-refractivity contribution in [3.63, 3.8) is 0 Å². The van der Waals surface area contributed by atoms with Gasteiger partial charge >= 0.3 is 5.97 Å². The van der Waals surface area contributed by atoms with Crippen molar-refractivity contribution < 1.29 is 24.2 Å². The summed E-state index contributed by atoms with van der Waals surface area (Å²) in [6.45, 7) is 1.63. The van der Waals surface area contributed by atoms with E-state index in [9.17, 15) is 14.4 Å². The number of carboxylic acid groups (broad SMARTS) is 1. The number of nitrogens with one attached hydrogen (secondary N) is 1. The number of amides is 2. The summed E-state index contributed by atoms with van der Waals surface area (Å²) in [6, 6.07) is 4.23. The molecule has 8 heteroatoms. The molecular weight excluding hydrogens is 320 g/mol. The van der Waals surface area contributed by atoms with Crippen molar-refractivity contribution in [2.75, 3.05) is 18.7 Å². The number of benzene rings is 1. The van der Waals surface area contributed by atoms with E-state index < -0.39 is 12.0 Å². The molecule has 0 saturated carbocycles. The van der Waals surface area contributed by atoms with Crippen LogP contribution in [0.1, 0.15) is 22.8 Å². The molecule has 1 aliphatic rings. The largest absolute Gasteiger partial charge is 0.496 e. The van der Waals surface area contributed by atoms with Crippen molar-refractivity contribution in [1.29, 1.82) is 0 Å². The Morgan fingerprint density at radius 2 is 2.17 bits per heavy atom. The molecule has 1 aromatic rings. The highest BCUT2D eigenvalue weighted by molar-refractivity contribution is 7.99. The number of aromatic carboxylic acids is 1. The number of nitrogens with zero attached hydrogens (tertiary/aromatic N) is 1. The number of carbonyl (C=O) groups excluding carboxylic acids is 2. The first-order valence-electron chi connectivity index (χ1n) is 6.97. The van der Waals surface area contributed by atoms with Crippen LogP contribution in [0.15, 0.2) is 18.2 Å². The maximum Gasteiger partial charge on any atom is 0.339 e. The van der Waals surface area contributed by atoms with E-state index in [0.29, 0.717) is 17.2 Å². The summed E-state index contributed by atoms with van der Waals surface area (Å²) in [5.41, 5.74) is 0.692. The summed E-state index contributed by atoms with van der Waals surface area (Å²) in [5.74, 6) is -0.119. The zero-order valence-electron chi connectivity index (χ0n) is 12.9. The maximum absolute atomic E-state index is 12.2. The molecule has 0 aliphatic carbocycles. The second kappa shape index (κ2) is 7.36. The Balaban J connectivity index is 2.03. The lowest BCUT2D eigenvalue weighted by molar-refractivity contribution is -0.136. The highest BCUT2D eigenvalue weighted by atomic mass is 32.2. The standard InChI is InChI=1S/C15H18N2O5S/c1-9(18)17-8-23-7-12(17)14(19)16-6-10-3-4-13(22-2)11(5-10)15(20)21/h3-5,12H,6-8H2,1-2H3,(H,16,19)(H,20,21). The molecule has 1 unspecified atom stereocenters. The maximum atomic E-state index is 12.2. The van der Waals surface area contributed by atoms with Gasteiger partial charge in [-0.1, -0.05) is 6.07 Å². The fourth-order valence-electron chi connectivity index (χ4n) is 2.31. The normalized spacial score (nSPS) is 17.0. The summed E-state index contributed by atoms with van der Waals surface area (Å²) in [5, 5.41) is 11.9. The van der Waals surface area contributed by atoms with Crippen LogP contribution in [0.5, 0.6) is 5.75 Å². The van der Waals surface area contributed by atoms with Crippen LogP contribution < -0.4 is 10.1 Å². The van der Waals surface area contributed by atoms with Gasteiger partial charge in [-0.2, -0.15) is 0 Å². The van der Waals surface area contributed by atoms with Crippen molar-refractivity contribution in [3.05, 3.63) is 29.3 Å². The van der Waals surface area contributed by atoms with Gasteiger partial charge < -0.3 is 20.1 Å². The van der Waals surface area contributed by atoms with E-state index in [0.717, 1.165) is 0 Å². The molecule has 1 fully saturated rings. The average Bonchev–Trinajstić information content (AvgIpc) is 3.02. The Kier molecular flexibility index (Phi) is 5.49. The van der Waals surface area contributed by atoms with Gasteiger partial charge in [0.25, 0.3) is 0 Å². The number of ether oxygens (including phenoxy) is 1. The van der Waals surface area contributed by atoms with E-state index in [1.54, 1.807) is 12.1 Å². The number of carboxylic acids is 1. The Morgan fingerprint density at radius 1 is 1.43 bits per heavy atom. The number of thioether (sulfide) groups is 1. The van der Waals surface area contributed by atoms with Crippen LogP contribution >= 0.6 is 11.8 Å². The molecule has 23 heavy (non-hydrogen) atoms. The first-order valence-corrected chi connectivity index (χ1v) is 8.12. The first kappa shape index (κ1) is 17.1. The molecule has 1 atom stereocenters. The van der Waals surface area contributed by atoms with Crippen molar-refractivity contribution in [2.45, 2.75) is 19.5 Å². The average molecular weight is 338 g/mol. The van der Waals surface area contributed by atoms with Crippen LogP contribution in [-0.4, -0.2) is 52.6 Å². The molecule has 7 nitrogen and oxygen atoms in total. The third-order valence-corrected chi connectivity index (χ3v) is 4.56. The van der Waals surface area contributed by atoms with Crippen LogP contribution in [0.2, 0.25) is 0 Å². The van der Waals surface area contributed by atoms with Crippen molar-refractivity contribution in [3.8, 4) is 5.75 Å². The molecule has 124 valence electrons. The molecular formula is C15H18N2O5S. The van der Waals surface area contributed by atoms with Crippen LogP contribution in [0.25, 0.3) is 0 Å². The SMILES string of the molecule is COc1ccc(CNC(=O)C2CSCN2C(C)=O)cc1C(=O)O. The number of carbonyl (C=O) groups is 3. The minimum atomic E-state index is -1.09. The summed E-state index contributed by atoms with van der Waals surface area (Å²) >= 11 is 1.53. The second-order valence-electron chi connectivity index (χ2n) is 5.06. The third-order valence-electron chi connectivity index (χ3n) is 3.55. The molecule has 1 saturated heterocycles. The van der Waals surface area contributed by atoms with Gasteiger partial charge in [0.15, 0.2) is 0 Å². The fraction of sp³-hybridized carbons (Fsp3) is 0.400. The number of methoxy groups -OCH3 is 1. The van der Waals surface area contributed by atoms with E-state index in [2.05, 4.69) is 5.32 Å². The summed E-state index contributed by atoms with van der Waals surface area (Å²) < 4.78 is 4.99. The third kappa shape index (κ3) is 3.95. The molecule has 1 aromatic carbocycles. The van der Waals surface area contributed by atoms with Gasteiger partial charge in [0.05, 0.1) is 13.0 Å². The van der Waals surface area contributed by atoms with Crippen LogP contribution in [0.4, 0.5) is 0 Å². The lowest BCUT2D eigenvalue weighted by atomic mass is 10.1. The highest BCUT2D eigenvalue weighted by Gasteiger charge is 2.32. The number of rotatable bonds is 5. The monoisotopic (exact) mass is 338 g/mol. The summed E-state index contributed by atoms with van der Waals surface area (Å²) in [7, 11) is 1.40. The lowest BCUT2D eigenvalue weighted by Crippen LogP contribution is -2.46. The predicted octanol–water partition coefficient (Wildman–Crippen LogP) is 0.931. The highest BCUT2D eigenvalue weighted by Crippen LogP contribution is 2.22. The smallest absolute Gasteiger partial charge is 0.339 e. The first-order chi connectivity index (χ1) is 10.9. The molecule has 2 amide bonds. The molecule has 1 aliphatic heterocycles. The molecule has 0 radical (unpaired) electrons. The molecule has 0 aromatic heterocycles. The van der Waals surface area contributed by atoms with Crippen molar-refractivity contribution in [1.82, 2.24) is 10.2 Å². The minimum absolute atomic E-state index is 0.0426. The van der Waals surface area contributed by atoms with Gasteiger partial charge in [0.2, 0.25) is 11.8 Å². The van der Waals surface area contributed by atoms with Crippen LogP contribution in [0, 0.1) is 0 Å². The summed E-state index contributed by atoms with van der Waals surface area (Å²) in [6.07, 6.45) is 0. The molecule has 2 rings (SSSR count). The van der Waals surface area contributed by atoms with Gasteiger partial charge in [0, 0.05) is 19.2 Å². The van der Waals surface area contributed by atoms with Gasteiger partial charge in [-0.15, -0.1) is 11.8 Å². The van der Waals surface area contributed by atoms with Crippen molar-refractivity contribution in [2.24, 2.45) is 0 Å². The number of hydrogen-bond donors (Lipinski definition) is 2. The Hall–Kier alpha value is -2.22. The minimum Gasteiger partial charge on any atom is -0.496 e. The Morgan fingerprint density at radius 3 is 2.78 bits per heavy atom. The van der Waals surface area contributed by atoms with E-state index in [1.807, 2.05) is 0 Å². The zero-order valence-corrected chi connectivity index (χ0v) is 13.7. The summed E-state index contributed by atoms with van der Waals surface area (Å²) in [4.78, 5) is 36.4. The molecule has 0 spiro atoms. The van der Waals surface area contributed by atoms with Gasteiger partial charge in [-0.3, -0.25) is 9.59 Å². The van der Waals surface area contributed by atoms with E-state index in [-0.39, 0.29) is 29.7 Å². The van der Waals surface area contributed by atoms with Gasteiger partial charge in [0.1, 0.15) is 17.4 Å². The topological polar surface area (TPSA) is 95.9 Å². The number of hydrogen-bond acceptors (Lipinski definition) is 5. The Labute approximate surface area is 138 Å². The predicted molar refractivity (Wildman–Crippen MR) is 85.4 cm³/mol. The Bertz CT molecular complexity index is 634. The van der Waals surface area contributed by atoms with Crippen LogP contribution in [0.3, 0.4) is 0 Å². The van der Waals surface area contributed by atoms with E-state index in [1.165, 1.54) is 36.8 Å². The van der Waals surface area contributed by atoms with E-state index in [4.69, 9.17) is 9.84 Å². The second-order valence-corrected chi connectivity index (χ2v) is 6.06. The van der Waals surface area contributed by atoms with Crippen molar-refractivity contribution >= 4 is 29.5 Å². The fourth-order valence-corrected chi connectivity index (χ4v) is 3.53. The quantitative estimate of drug-likeness (QED) is 0.829. The van der Waals surface area contributed by atoms with E-state index >= 15 is 0 Å². The molecule has 0 bridgehead atoms. The molecule has 2 N–H and O–H groups in total. The van der Waals surface area contributed by atoms with Gasteiger partial charge in [-0.25, -0.2) is 4.79 Å². The zero-order chi connectivity index (χ0) is 17.0. The lowest BCUT2D eigenvalue weighted by Gasteiger charge is -2.21. The van der Waals surface area contributed by atoms with Gasteiger partial charge in [-0.05, 0) is 17.7 Å². The van der Waals surface area contributed by atoms with Crippen LogP contribution in [-0.2, 0) is 16.1 Å².